The summed E-state index contributed by atoms with van der Waals surface area (Å²) in [5.74, 6) is 1.30. The number of likely N-dealkylation sites (N-methyl/N-ethyl adjacent to an activating group) is 1. The number of carbonyl (C=O) groups excluding carboxylic acids is 2. The Bertz CT molecular complexity index is 753. The molecule has 0 spiro atoms. The van der Waals surface area contributed by atoms with Crippen molar-refractivity contribution >= 4 is 27.9 Å². The van der Waals surface area contributed by atoms with Crippen LogP contribution in [0.15, 0.2) is 45.3 Å². The van der Waals surface area contributed by atoms with Gasteiger partial charge in [-0.15, -0.1) is 0 Å². The van der Waals surface area contributed by atoms with Gasteiger partial charge in [-0.2, -0.15) is 0 Å². The van der Waals surface area contributed by atoms with Gasteiger partial charge in [-0.05, 0) is 37.1 Å². The third-order valence-corrected chi connectivity index (χ3v) is 4.42. The monoisotopic (exact) mass is 406 g/mol. The molecule has 7 heteroatoms. The SMILES string of the molecule is C[NH+](CC(=O)NC(=O)NC1CC1)Cc1ccc(-c2ccc(Br)cc2)o1. The molecule has 3 rings (SSSR count). The lowest BCUT2D eigenvalue weighted by molar-refractivity contribution is -0.886. The summed E-state index contributed by atoms with van der Waals surface area (Å²) in [6, 6.07) is 11.6. The van der Waals surface area contributed by atoms with Crippen molar-refractivity contribution in [3.05, 3.63) is 46.6 Å². The van der Waals surface area contributed by atoms with Crippen molar-refractivity contribution < 1.29 is 18.9 Å². The van der Waals surface area contributed by atoms with Crippen LogP contribution in [0.25, 0.3) is 11.3 Å². The molecule has 1 fully saturated rings. The maximum atomic E-state index is 11.9. The number of imide groups is 1. The van der Waals surface area contributed by atoms with Crippen molar-refractivity contribution in [2.24, 2.45) is 0 Å². The van der Waals surface area contributed by atoms with E-state index in [4.69, 9.17) is 4.42 Å². The largest absolute Gasteiger partial charge is 0.455 e. The molecule has 2 aromatic rings. The van der Waals surface area contributed by atoms with Crippen molar-refractivity contribution in [1.29, 1.82) is 0 Å². The minimum absolute atomic E-state index is 0.201. The Hall–Kier alpha value is -2.12. The summed E-state index contributed by atoms with van der Waals surface area (Å²) in [7, 11) is 1.89. The number of furan rings is 1. The molecular formula is C18H21BrN3O3+. The molecule has 0 saturated heterocycles. The molecule has 25 heavy (non-hydrogen) atoms. The highest BCUT2D eigenvalue weighted by Crippen LogP contribution is 2.23. The van der Waals surface area contributed by atoms with Crippen molar-refractivity contribution in [1.82, 2.24) is 10.6 Å². The van der Waals surface area contributed by atoms with Crippen molar-refractivity contribution in [2.45, 2.75) is 25.4 Å². The Balaban J connectivity index is 1.49. The Kier molecular flexibility index (Phi) is 5.55. The van der Waals surface area contributed by atoms with E-state index in [0.29, 0.717) is 6.54 Å². The molecular weight excluding hydrogens is 386 g/mol. The van der Waals surface area contributed by atoms with E-state index in [0.717, 1.165) is 39.3 Å². The minimum atomic E-state index is -0.407. The van der Waals surface area contributed by atoms with Crippen molar-refractivity contribution in [2.75, 3.05) is 13.6 Å². The van der Waals surface area contributed by atoms with Crippen LogP contribution in [0.3, 0.4) is 0 Å². The summed E-state index contributed by atoms with van der Waals surface area (Å²) in [6.45, 7) is 0.764. The number of carbonyl (C=O) groups is 2. The summed E-state index contributed by atoms with van der Waals surface area (Å²) < 4.78 is 6.87. The number of hydrogen-bond acceptors (Lipinski definition) is 3. The van der Waals surface area contributed by atoms with E-state index in [1.54, 1.807) is 0 Å². The van der Waals surface area contributed by atoms with E-state index in [2.05, 4.69) is 26.6 Å². The number of quaternary nitrogens is 1. The number of amides is 3. The van der Waals surface area contributed by atoms with E-state index < -0.39 is 6.03 Å². The molecule has 0 aliphatic heterocycles. The van der Waals surface area contributed by atoms with Gasteiger partial charge in [-0.25, -0.2) is 4.79 Å². The maximum absolute atomic E-state index is 11.9. The second-order valence-electron chi connectivity index (χ2n) is 6.38. The second kappa shape index (κ2) is 7.84. The topological polar surface area (TPSA) is 75.8 Å². The van der Waals surface area contributed by atoms with Crippen LogP contribution in [-0.2, 0) is 11.3 Å². The molecule has 1 heterocycles. The predicted molar refractivity (Wildman–Crippen MR) is 97.0 cm³/mol. The first kappa shape index (κ1) is 17.7. The van der Waals surface area contributed by atoms with Gasteiger partial charge in [0.1, 0.15) is 12.3 Å². The third kappa shape index (κ3) is 5.44. The fourth-order valence-electron chi connectivity index (χ4n) is 2.50. The first-order valence-electron chi connectivity index (χ1n) is 8.26. The smallest absolute Gasteiger partial charge is 0.321 e. The highest BCUT2D eigenvalue weighted by molar-refractivity contribution is 9.10. The molecule has 1 aromatic carbocycles. The van der Waals surface area contributed by atoms with Gasteiger partial charge in [-0.1, -0.05) is 28.1 Å². The molecule has 0 bridgehead atoms. The molecule has 1 unspecified atom stereocenters. The van der Waals surface area contributed by atoms with Crippen molar-refractivity contribution in [3.63, 3.8) is 0 Å². The van der Waals surface area contributed by atoms with E-state index >= 15 is 0 Å². The van der Waals surface area contributed by atoms with Gasteiger partial charge < -0.3 is 14.6 Å². The van der Waals surface area contributed by atoms with Gasteiger partial charge in [0.15, 0.2) is 12.3 Å². The Morgan fingerprint density at radius 3 is 2.60 bits per heavy atom. The molecule has 3 N–H and O–H groups in total. The van der Waals surface area contributed by atoms with Gasteiger partial charge in [0.25, 0.3) is 5.91 Å². The zero-order valence-corrected chi connectivity index (χ0v) is 15.6. The molecule has 6 nitrogen and oxygen atoms in total. The number of nitrogens with one attached hydrogen (secondary N) is 3. The van der Waals surface area contributed by atoms with E-state index in [1.165, 1.54) is 0 Å². The maximum Gasteiger partial charge on any atom is 0.321 e. The lowest BCUT2D eigenvalue weighted by Gasteiger charge is -2.12. The van der Waals surface area contributed by atoms with E-state index in [9.17, 15) is 9.59 Å². The number of halogens is 1. The van der Waals surface area contributed by atoms with Crippen LogP contribution in [0.1, 0.15) is 18.6 Å². The molecule has 1 aromatic heterocycles. The van der Waals surface area contributed by atoms with Crippen LogP contribution in [0.2, 0.25) is 0 Å². The zero-order chi connectivity index (χ0) is 17.8. The Labute approximate surface area is 154 Å². The van der Waals surface area contributed by atoms with Crippen molar-refractivity contribution in [3.8, 4) is 11.3 Å². The molecule has 1 atom stereocenters. The predicted octanol–water partition coefficient (Wildman–Crippen LogP) is 1.71. The fraction of sp³-hybridized carbons (Fsp3) is 0.333. The Morgan fingerprint density at radius 1 is 1.20 bits per heavy atom. The standard InChI is InChI=1S/C18H20BrN3O3/c1-22(11-17(23)21-18(24)20-14-6-7-14)10-15-8-9-16(25-15)12-2-4-13(19)5-3-12/h2-5,8-9,14H,6-7,10-11H2,1H3,(H2,20,21,23,24)/p+1. The van der Waals surface area contributed by atoms with Crippen LogP contribution >= 0.6 is 15.9 Å². The van der Waals surface area contributed by atoms with Crippen LogP contribution in [0.5, 0.6) is 0 Å². The fourth-order valence-corrected chi connectivity index (χ4v) is 2.76. The molecule has 1 aliphatic rings. The summed E-state index contributed by atoms with van der Waals surface area (Å²) in [6.07, 6.45) is 1.98. The number of benzene rings is 1. The van der Waals surface area contributed by atoms with E-state index in [1.807, 2.05) is 43.4 Å². The molecule has 1 saturated carbocycles. The number of rotatable bonds is 6. The number of hydrogen-bond donors (Lipinski definition) is 3. The Morgan fingerprint density at radius 2 is 1.92 bits per heavy atom. The molecule has 1 aliphatic carbocycles. The average molecular weight is 407 g/mol. The minimum Gasteiger partial charge on any atom is -0.455 e. The van der Waals surface area contributed by atoms with Gasteiger partial charge in [0, 0.05) is 16.1 Å². The summed E-state index contributed by atoms with van der Waals surface area (Å²) in [5.41, 5.74) is 1.00. The highest BCUT2D eigenvalue weighted by atomic mass is 79.9. The molecule has 132 valence electrons. The molecule has 0 radical (unpaired) electrons. The van der Waals surface area contributed by atoms with Crippen LogP contribution in [0, 0.1) is 0 Å². The van der Waals surface area contributed by atoms with Crippen LogP contribution < -0.4 is 15.5 Å². The lowest BCUT2D eigenvalue weighted by Crippen LogP contribution is -3.09. The van der Waals surface area contributed by atoms with Crippen LogP contribution in [-0.4, -0.2) is 31.6 Å². The van der Waals surface area contributed by atoms with Gasteiger partial charge in [0.2, 0.25) is 0 Å². The van der Waals surface area contributed by atoms with Crippen LogP contribution in [0.4, 0.5) is 4.79 Å². The zero-order valence-electron chi connectivity index (χ0n) is 14.0. The highest BCUT2D eigenvalue weighted by Gasteiger charge is 2.24. The lowest BCUT2D eigenvalue weighted by atomic mass is 10.2. The summed E-state index contributed by atoms with van der Waals surface area (Å²) in [4.78, 5) is 24.4. The first-order chi connectivity index (χ1) is 12.0. The summed E-state index contributed by atoms with van der Waals surface area (Å²) >= 11 is 3.41. The normalized spacial score (nSPS) is 14.8. The van der Waals surface area contributed by atoms with Gasteiger partial charge >= 0.3 is 6.03 Å². The second-order valence-corrected chi connectivity index (χ2v) is 7.30. The summed E-state index contributed by atoms with van der Waals surface area (Å²) in [5, 5.41) is 5.09. The molecule has 3 amide bonds. The third-order valence-electron chi connectivity index (χ3n) is 3.89. The first-order valence-corrected chi connectivity index (χ1v) is 9.05. The van der Waals surface area contributed by atoms with Gasteiger partial charge in [0.05, 0.1) is 7.05 Å². The van der Waals surface area contributed by atoms with Gasteiger partial charge in [-0.3, -0.25) is 10.1 Å². The number of urea groups is 1. The average Bonchev–Trinajstić information content (AvgIpc) is 3.23. The quantitative estimate of drug-likeness (QED) is 0.683. The van der Waals surface area contributed by atoms with E-state index in [-0.39, 0.29) is 18.5 Å².